The van der Waals surface area contributed by atoms with E-state index in [1.54, 1.807) is 12.1 Å². The predicted molar refractivity (Wildman–Crippen MR) is 191 cm³/mol. The molecule has 9 heteroatoms. The van der Waals surface area contributed by atoms with Crippen LogP contribution in [0.3, 0.4) is 0 Å². The van der Waals surface area contributed by atoms with Crippen LogP contribution >= 0.6 is 0 Å². The molecular weight excluding hydrogens is 614 g/mol. The zero-order valence-electron chi connectivity index (χ0n) is 27.2. The summed E-state index contributed by atoms with van der Waals surface area (Å²) < 4.78 is 12.4. The molecule has 9 nitrogen and oxygen atoms in total. The lowest BCUT2D eigenvalue weighted by molar-refractivity contribution is -0.129. The summed E-state index contributed by atoms with van der Waals surface area (Å²) in [4.78, 5) is 22.9. The van der Waals surface area contributed by atoms with E-state index in [-0.39, 0.29) is 18.9 Å². The van der Waals surface area contributed by atoms with Crippen LogP contribution < -0.4 is 10.1 Å². The van der Waals surface area contributed by atoms with Gasteiger partial charge in [0, 0.05) is 42.2 Å². The summed E-state index contributed by atoms with van der Waals surface area (Å²) in [5.74, 6) is 0.640. The summed E-state index contributed by atoms with van der Waals surface area (Å²) in [6, 6.07) is 40.6. The topological polar surface area (TPSA) is 129 Å². The highest BCUT2D eigenvalue weighted by Crippen LogP contribution is 2.44. The first-order chi connectivity index (χ1) is 24.0. The van der Waals surface area contributed by atoms with Crippen LogP contribution in [0.4, 0.5) is 5.69 Å². The Morgan fingerprint density at radius 3 is 2.37 bits per heavy atom. The van der Waals surface area contributed by atoms with Gasteiger partial charge >= 0.3 is 0 Å². The van der Waals surface area contributed by atoms with Gasteiger partial charge in [0.2, 0.25) is 5.90 Å². The molecule has 0 spiro atoms. The number of aliphatic imine (C=N–C) groups is 1. The highest BCUT2D eigenvalue weighted by molar-refractivity contribution is 6.01. The zero-order chi connectivity index (χ0) is 34.1. The van der Waals surface area contributed by atoms with Gasteiger partial charge in [0.25, 0.3) is 5.91 Å². The third-order valence-electron chi connectivity index (χ3n) is 8.49. The van der Waals surface area contributed by atoms with Crippen molar-refractivity contribution in [1.29, 1.82) is 0 Å². The Kier molecular flexibility index (Phi) is 10.3. The van der Waals surface area contributed by atoms with Crippen LogP contribution in [0.5, 0.6) is 5.75 Å². The Hall–Kier alpha value is -5.89. The Morgan fingerprint density at radius 2 is 1.63 bits per heavy atom. The Morgan fingerprint density at radius 1 is 0.918 bits per heavy atom. The first-order valence-electron chi connectivity index (χ1n) is 16.2. The first kappa shape index (κ1) is 33.0. The van der Waals surface area contributed by atoms with Crippen molar-refractivity contribution in [2.75, 3.05) is 13.2 Å². The van der Waals surface area contributed by atoms with Gasteiger partial charge in [-0.05, 0) is 64.5 Å². The van der Waals surface area contributed by atoms with Gasteiger partial charge in [0.1, 0.15) is 5.75 Å². The Labute approximate surface area is 285 Å². The van der Waals surface area contributed by atoms with Crippen molar-refractivity contribution in [2.45, 2.75) is 38.0 Å². The molecule has 0 saturated carbocycles. The zero-order valence-corrected chi connectivity index (χ0v) is 27.2. The number of aryl methyl sites for hydroxylation is 1. The van der Waals surface area contributed by atoms with E-state index in [0.29, 0.717) is 48.0 Å². The largest absolute Gasteiger partial charge is 0.494 e. The average Bonchev–Trinajstić information content (AvgIpc) is 3.53. The molecular formula is C40H37N5O4. The standard InChI is InChI=1S/C40H37N5O4/c1-28-9-7-10-29(25-28)27-42-39(47)40(26-34-13-5-6-14-36(34)44-45-41)37(32-17-15-31(16-18-32)30-11-3-2-4-12-30)49-38(43-40)33-19-21-35(22-20-33)48-24-8-23-46/h2-7,9-22,25,37,46H,8,23-24,26-27H2,1H3,(H,42,47)/t37-,40-/m1/s1. The van der Waals surface area contributed by atoms with Crippen molar-refractivity contribution >= 4 is 17.5 Å². The number of benzene rings is 5. The van der Waals surface area contributed by atoms with Crippen molar-refractivity contribution in [3.63, 3.8) is 0 Å². The van der Waals surface area contributed by atoms with Gasteiger partial charge in [-0.15, -0.1) is 0 Å². The van der Waals surface area contributed by atoms with E-state index in [1.807, 2.05) is 110 Å². The summed E-state index contributed by atoms with van der Waals surface area (Å²) in [6.07, 6.45) is -0.178. The van der Waals surface area contributed by atoms with Crippen molar-refractivity contribution in [2.24, 2.45) is 10.1 Å². The molecule has 1 heterocycles. The van der Waals surface area contributed by atoms with E-state index in [9.17, 15) is 10.3 Å². The van der Waals surface area contributed by atoms with Crippen LogP contribution in [-0.4, -0.2) is 35.7 Å². The molecule has 1 aliphatic rings. The van der Waals surface area contributed by atoms with E-state index in [2.05, 4.69) is 27.5 Å². The fourth-order valence-corrected chi connectivity index (χ4v) is 6.02. The predicted octanol–water partition coefficient (Wildman–Crippen LogP) is 8.18. The van der Waals surface area contributed by atoms with Crippen LogP contribution in [0.15, 0.2) is 138 Å². The second-order valence-electron chi connectivity index (χ2n) is 11.9. The minimum absolute atomic E-state index is 0.0489. The number of hydrogen-bond donors (Lipinski definition) is 2. The number of carbonyl (C=O) groups is 1. The number of azide groups is 1. The number of nitrogens with zero attached hydrogens (tertiary/aromatic N) is 4. The van der Waals surface area contributed by atoms with Gasteiger partial charge in [-0.25, -0.2) is 4.99 Å². The van der Waals surface area contributed by atoms with Gasteiger partial charge in [0.15, 0.2) is 11.6 Å². The normalized spacial score (nSPS) is 16.6. The molecule has 2 N–H and O–H groups in total. The maximum absolute atomic E-state index is 14.7. The van der Waals surface area contributed by atoms with E-state index < -0.39 is 11.6 Å². The monoisotopic (exact) mass is 651 g/mol. The van der Waals surface area contributed by atoms with Gasteiger partial charge in [-0.3, -0.25) is 4.79 Å². The van der Waals surface area contributed by atoms with Crippen LogP contribution in [-0.2, 0) is 22.5 Å². The molecule has 0 fully saturated rings. The summed E-state index contributed by atoms with van der Waals surface area (Å²) in [5.41, 5.74) is 14.6. The highest BCUT2D eigenvalue weighted by atomic mass is 16.5. The lowest BCUT2D eigenvalue weighted by Gasteiger charge is -2.31. The first-order valence-corrected chi connectivity index (χ1v) is 16.2. The molecule has 0 radical (unpaired) electrons. The minimum Gasteiger partial charge on any atom is -0.494 e. The van der Waals surface area contributed by atoms with Crippen LogP contribution in [0.2, 0.25) is 0 Å². The maximum atomic E-state index is 14.7. The molecule has 1 aliphatic heterocycles. The number of ether oxygens (including phenoxy) is 2. The number of rotatable bonds is 13. The molecule has 5 aromatic rings. The number of aliphatic hydroxyl groups is 1. The molecule has 246 valence electrons. The van der Waals surface area contributed by atoms with Crippen LogP contribution in [0.25, 0.3) is 21.6 Å². The molecule has 0 bridgehead atoms. The quantitative estimate of drug-likeness (QED) is 0.0576. The van der Waals surface area contributed by atoms with Crippen molar-refractivity contribution < 1.29 is 19.4 Å². The molecule has 6 rings (SSSR count). The number of amides is 1. The third-order valence-corrected chi connectivity index (χ3v) is 8.49. The van der Waals surface area contributed by atoms with Crippen molar-refractivity contribution in [1.82, 2.24) is 5.32 Å². The second-order valence-corrected chi connectivity index (χ2v) is 11.9. The fraction of sp³-hybridized carbons (Fsp3) is 0.200. The third kappa shape index (κ3) is 7.65. The van der Waals surface area contributed by atoms with Crippen LogP contribution in [0, 0.1) is 6.92 Å². The highest BCUT2D eigenvalue weighted by Gasteiger charge is 2.53. The second kappa shape index (κ2) is 15.3. The Bertz CT molecular complexity index is 1970. The molecule has 2 atom stereocenters. The van der Waals surface area contributed by atoms with Crippen molar-refractivity contribution in [3.05, 3.63) is 166 Å². The van der Waals surface area contributed by atoms with Gasteiger partial charge in [-0.2, -0.15) is 0 Å². The molecule has 1 amide bonds. The number of hydrogen-bond acceptors (Lipinski definition) is 6. The van der Waals surface area contributed by atoms with Gasteiger partial charge in [-0.1, -0.05) is 114 Å². The fourth-order valence-electron chi connectivity index (χ4n) is 6.02. The van der Waals surface area contributed by atoms with Crippen LogP contribution in [0.1, 0.15) is 40.3 Å². The average molecular weight is 652 g/mol. The lowest BCUT2D eigenvalue weighted by Crippen LogP contribution is -2.49. The smallest absolute Gasteiger partial charge is 0.252 e. The maximum Gasteiger partial charge on any atom is 0.252 e. The number of carbonyl (C=O) groups excluding carboxylic acids is 1. The SMILES string of the molecule is Cc1cccc(CNC(=O)[C@]2(Cc3ccccc3N=[N+]=[N-])N=C(c3ccc(OCCCO)cc3)O[C@@H]2c2ccc(-c3ccccc3)cc2)c1. The summed E-state index contributed by atoms with van der Waals surface area (Å²) in [7, 11) is 0. The number of nitrogens with one attached hydrogen (secondary N) is 1. The Balaban J connectivity index is 1.44. The van der Waals surface area contributed by atoms with E-state index in [4.69, 9.17) is 19.6 Å². The van der Waals surface area contributed by atoms with E-state index in [0.717, 1.165) is 27.8 Å². The molecule has 5 aromatic carbocycles. The molecule has 0 unspecified atom stereocenters. The molecule has 49 heavy (non-hydrogen) atoms. The molecule has 0 saturated heterocycles. The van der Waals surface area contributed by atoms with Gasteiger partial charge < -0.3 is 19.9 Å². The van der Waals surface area contributed by atoms with Gasteiger partial charge in [0.05, 0.1) is 6.61 Å². The summed E-state index contributed by atoms with van der Waals surface area (Å²) in [5, 5.41) is 16.2. The van der Waals surface area contributed by atoms with Crippen molar-refractivity contribution in [3.8, 4) is 16.9 Å². The van der Waals surface area contributed by atoms with E-state index in [1.165, 1.54) is 0 Å². The number of aliphatic hydroxyl groups excluding tert-OH is 1. The lowest BCUT2D eigenvalue weighted by atomic mass is 9.81. The summed E-state index contributed by atoms with van der Waals surface area (Å²) in [6.45, 7) is 2.75. The molecule has 0 aromatic heterocycles. The summed E-state index contributed by atoms with van der Waals surface area (Å²) >= 11 is 0. The minimum atomic E-state index is -1.47. The molecule has 0 aliphatic carbocycles. The van der Waals surface area contributed by atoms with E-state index >= 15 is 0 Å².